The molecule has 0 atom stereocenters. The van der Waals surface area contributed by atoms with Gasteiger partial charge in [0.05, 0.1) is 10.6 Å². The number of hydrogen-bond donors (Lipinski definition) is 2. The first-order chi connectivity index (χ1) is 12.2. The number of amides is 1. The fraction of sp³-hybridized carbons (Fsp3) is 0.333. The summed E-state index contributed by atoms with van der Waals surface area (Å²) >= 11 is 0. The number of nitro groups is 1. The zero-order chi connectivity index (χ0) is 19.1. The van der Waals surface area contributed by atoms with Gasteiger partial charge in [0.15, 0.2) is 5.76 Å². The predicted molar refractivity (Wildman–Crippen MR) is 94.9 cm³/mol. The van der Waals surface area contributed by atoms with Crippen molar-refractivity contribution in [3.8, 4) is 0 Å². The molecule has 1 heterocycles. The number of fused-ring (bicyclic) bond motifs is 1. The Morgan fingerprint density at radius 3 is 2.77 bits per heavy atom. The van der Waals surface area contributed by atoms with Gasteiger partial charge < -0.3 is 14.9 Å². The molecule has 136 valence electrons. The molecule has 26 heavy (non-hydrogen) atoms. The van der Waals surface area contributed by atoms with Gasteiger partial charge in [-0.15, -0.1) is 0 Å². The molecule has 0 saturated heterocycles. The zero-order valence-electron chi connectivity index (χ0n) is 14.7. The molecular weight excluding hydrogens is 338 g/mol. The number of non-ortho nitro benzene ring substituents is 1. The molecule has 3 rings (SSSR count). The van der Waals surface area contributed by atoms with Gasteiger partial charge >= 0.3 is 0 Å². The molecule has 2 aromatic rings. The summed E-state index contributed by atoms with van der Waals surface area (Å²) in [5.74, 6) is 0.212. The van der Waals surface area contributed by atoms with Crippen LogP contribution in [0.3, 0.4) is 0 Å². The number of carbonyl (C=O) groups excluding carboxylic acids is 1. The van der Waals surface area contributed by atoms with Crippen LogP contribution in [0.15, 0.2) is 33.8 Å². The average molecular weight is 357 g/mol. The highest BCUT2D eigenvalue weighted by Gasteiger charge is 2.36. The molecule has 0 bridgehead atoms. The van der Waals surface area contributed by atoms with Crippen LogP contribution in [-0.2, 0) is 6.42 Å². The van der Waals surface area contributed by atoms with E-state index < -0.39 is 10.8 Å². The van der Waals surface area contributed by atoms with Crippen LogP contribution in [0.2, 0.25) is 0 Å². The first-order valence-electron chi connectivity index (χ1n) is 8.11. The van der Waals surface area contributed by atoms with Crippen LogP contribution >= 0.6 is 0 Å². The highest BCUT2D eigenvalue weighted by molar-refractivity contribution is 6.09. The maximum atomic E-state index is 12.6. The fourth-order valence-corrected chi connectivity index (χ4v) is 3.30. The number of furan rings is 1. The first kappa shape index (κ1) is 17.7. The van der Waals surface area contributed by atoms with Crippen LogP contribution < -0.4 is 5.32 Å². The van der Waals surface area contributed by atoms with Crippen molar-refractivity contribution < 1.29 is 19.3 Å². The molecule has 2 N–H and O–H groups in total. The molecular formula is C18H19N3O5. The van der Waals surface area contributed by atoms with Crippen LogP contribution in [0.4, 0.5) is 11.4 Å². The summed E-state index contributed by atoms with van der Waals surface area (Å²) in [6.45, 7) is 5.79. The molecule has 0 saturated carbocycles. The molecule has 0 unspecified atom stereocenters. The van der Waals surface area contributed by atoms with E-state index in [-0.39, 0.29) is 16.9 Å². The normalized spacial score (nSPS) is 17.0. The number of nitro benzene ring substituents is 1. The summed E-state index contributed by atoms with van der Waals surface area (Å²) in [6, 6.07) is 5.68. The number of hydrogen-bond acceptors (Lipinski definition) is 6. The summed E-state index contributed by atoms with van der Waals surface area (Å²) in [7, 11) is 0. The lowest BCUT2D eigenvalue weighted by Gasteiger charge is -2.28. The third kappa shape index (κ3) is 3.17. The molecule has 1 amide bonds. The van der Waals surface area contributed by atoms with Crippen molar-refractivity contribution >= 4 is 23.0 Å². The predicted octanol–water partition coefficient (Wildman–Crippen LogP) is 3.90. The van der Waals surface area contributed by atoms with Crippen LogP contribution in [0.5, 0.6) is 0 Å². The Balaban J connectivity index is 1.94. The first-order valence-corrected chi connectivity index (χ1v) is 8.11. The molecule has 0 fully saturated rings. The Labute approximate surface area is 149 Å². The summed E-state index contributed by atoms with van der Waals surface area (Å²) in [5, 5.41) is 26.2. The van der Waals surface area contributed by atoms with E-state index in [0.717, 1.165) is 0 Å². The Morgan fingerprint density at radius 2 is 2.12 bits per heavy atom. The summed E-state index contributed by atoms with van der Waals surface area (Å²) in [6.07, 6.45) is 1.19. The van der Waals surface area contributed by atoms with Gasteiger partial charge in [-0.1, -0.05) is 25.1 Å². The van der Waals surface area contributed by atoms with E-state index in [2.05, 4.69) is 10.5 Å². The van der Waals surface area contributed by atoms with Gasteiger partial charge in [-0.2, -0.15) is 0 Å². The van der Waals surface area contributed by atoms with Crippen molar-refractivity contribution in [2.24, 2.45) is 10.6 Å². The quantitative estimate of drug-likeness (QED) is 0.491. The van der Waals surface area contributed by atoms with E-state index >= 15 is 0 Å². The maximum absolute atomic E-state index is 12.6. The van der Waals surface area contributed by atoms with Crippen LogP contribution in [0.25, 0.3) is 0 Å². The highest BCUT2D eigenvalue weighted by atomic mass is 16.6. The van der Waals surface area contributed by atoms with E-state index in [1.807, 2.05) is 13.8 Å². The van der Waals surface area contributed by atoms with Gasteiger partial charge in [0, 0.05) is 35.4 Å². The Kier molecular flexibility index (Phi) is 4.27. The van der Waals surface area contributed by atoms with Crippen molar-refractivity contribution in [1.29, 1.82) is 0 Å². The molecule has 0 radical (unpaired) electrons. The second-order valence-electron chi connectivity index (χ2n) is 7.18. The third-order valence-electron chi connectivity index (χ3n) is 4.44. The largest absolute Gasteiger partial charge is 0.455 e. The third-order valence-corrected chi connectivity index (χ3v) is 4.44. The Hall–Kier alpha value is -3.16. The minimum Gasteiger partial charge on any atom is -0.455 e. The van der Waals surface area contributed by atoms with Gasteiger partial charge in [-0.3, -0.25) is 14.9 Å². The number of rotatable bonds is 3. The topological polar surface area (TPSA) is 118 Å². The summed E-state index contributed by atoms with van der Waals surface area (Å²) in [5.41, 5.74) is 1.78. The lowest BCUT2D eigenvalue weighted by molar-refractivity contribution is -0.384. The number of oxime groups is 1. The lowest BCUT2D eigenvalue weighted by Crippen LogP contribution is -2.27. The van der Waals surface area contributed by atoms with Crippen molar-refractivity contribution in [3.63, 3.8) is 0 Å². The fourth-order valence-electron chi connectivity index (χ4n) is 3.30. The van der Waals surface area contributed by atoms with Gasteiger partial charge in [0.25, 0.3) is 11.6 Å². The second-order valence-corrected chi connectivity index (χ2v) is 7.18. The average Bonchev–Trinajstić information content (AvgIpc) is 2.89. The minimum atomic E-state index is -0.529. The van der Waals surface area contributed by atoms with Crippen molar-refractivity contribution in [1.82, 2.24) is 0 Å². The smallest absolute Gasteiger partial charge is 0.291 e. The lowest BCUT2D eigenvalue weighted by atomic mass is 9.75. The molecule has 8 nitrogen and oxygen atoms in total. The number of nitrogens with one attached hydrogen (secondary N) is 1. The second kappa shape index (κ2) is 6.29. The maximum Gasteiger partial charge on any atom is 0.291 e. The molecule has 1 aromatic heterocycles. The Morgan fingerprint density at radius 1 is 1.38 bits per heavy atom. The van der Waals surface area contributed by atoms with Gasteiger partial charge in [-0.05, 0) is 24.8 Å². The number of carbonyl (C=O) groups is 1. The van der Waals surface area contributed by atoms with Crippen molar-refractivity contribution in [3.05, 3.63) is 57.0 Å². The van der Waals surface area contributed by atoms with Crippen molar-refractivity contribution in [2.75, 3.05) is 5.32 Å². The van der Waals surface area contributed by atoms with Crippen molar-refractivity contribution in [2.45, 2.75) is 33.6 Å². The zero-order valence-corrected chi connectivity index (χ0v) is 14.7. The number of anilines is 1. The summed E-state index contributed by atoms with van der Waals surface area (Å²) < 4.78 is 5.78. The molecule has 1 aliphatic carbocycles. The minimum absolute atomic E-state index is 0.111. The van der Waals surface area contributed by atoms with E-state index in [0.29, 0.717) is 41.1 Å². The van der Waals surface area contributed by atoms with E-state index in [4.69, 9.17) is 4.42 Å². The van der Waals surface area contributed by atoms with Crippen LogP contribution in [-0.4, -0.2) is 21.7 Å². The molecule has 0 aliphatic heterocycles. The summed E-state index contributed by atoms with van der Waals surface area (Å²) in [4.78, 5) is 22.9. The molecule has 0 spiro atoms. The standard InChI is InChI=1S/C18H19N3O5/c1-10-15-13(20-23)8-18(2,3)9-14(15)26-16(10)17(22)19-11-5-4-6-12(7-11)21(24)25/h4-7,23H,8-9H2,1-3H3,(H,19,22)/b20-13-. The van der Waals surface area contributed by atoms with Crippen LogP contribution in [0.1, 0.15) is 47.7 Å². The monoisotopic (exact) mass is 357 g/mol. The number of benzene rings is 1. The Bertz CT molecular complexity index is 927. The van der Waals surface area contributed by atoms with E-state index in [1.54, 1.807) is 13.0 Å². The molecule has 8 heteroatoms. The van der Waals surface area contributed by atoms with Gasteiger partial charge in [-0.25, -0.2) is 0 Å². The SMILES string of the molecule is Cc1c(C(=O)Nc2cccc([N+](=O)[O-])c2)oc2c1/C(=N\O)CC(C)(C)C2. The van der Waals surface area contributed by atoms with E-state index in [1.165, 1.54) is 18.2 Å². The number of nitrogens with zero attached hydrogens (tertiary/aromatic N) is 2. The molecule has 1 aliphatic rings. The van der Waals surface area contributed by atoms with Gasteiger partial charge in [0.1, 0.15) is 5.76 Å². The van der Waals surface area contributed by atoms with E-state index in [9.17, 15) is 20.1 Å². The highest BCUT2D eigenvalue weighted by Crippen LogP contribution is 2.39. The molecule has 1 aromatic carbocycles. The van der Waals surface area contributed by atoms with Gasteiger partial charge in [0.2, 0.25) is 0 Å². The van der Waals surface area contributed by atoms with Crippen LogP contribution in [0, 0.1) is 22.5 Å².